The Hall–Kier alpha value is -2.63. The summed E-state index contributed by atoms with van der Waals surface area (Å²) in [5, 5.41) is 11.1. The normalized spacial score (nSPS) is 11.4. The summed E-state index contributed by atoms with van der Waals surface area (Å²) in [6.07, 6.45) is 0. The molecule has 0 atom stereocenters. The summed E-state index contributed by atoms with van der Waals surface area (Å²) in [5.41, 5.74) is 4.62. The smallest absolute Gasteiger partial charge is 0.265 e. The Bertz CT molecular complexity index is 719. The molecule has 0 unspecified atom stereocenters. The van der Waals surface area contributed by atoms with Crippen molar-refractivity contribution in [2.75, 3.05) is 11.9 Å². The first-order chi connectivity index (χ1) is 10.9. The highest BCUT2D eigenvalue weighted by Gasteiger charge is 2.05. The molecule has 1 aromatic carbocycles. The van der Waals surface area contributed by atoms with E-state index in [0.717, 1.165) is 28.4 Å². The first-order valence-electron chi connectivity index (χ1n) is 7.47. The van der Waals surface area contributed by atoms with Crippen LogP contribution in [0.1, 0.15) is 23.9 Å². The predicted octanol–water partition coefficient (Wildman–Crippen LogP) is 2.84. The monoisotopic (exact) mass is 314 g/mol. The lowest BCUT2D eigenvalue weighted by molar-refractivity contribution is -0.120. The zero-order valence-corrected chi connectivity index (χ0v) is 14.0. The summed E-state index contributed by atoms with van der Waals surface area (Å²) >= 11 is 0. The number of carbonyl (C=O) groups is 1. The number of carbonyl (C=O) groups excluding carboxylic acids is 1. The van der Waals surface area contributed by atoms with E-state index >= 15 is 0 Å². The van der Waals surface area contributed by atoms with Crippen LogP contribution in [0.5, 0.6) is 0 Å². The van der Waals surface area contributed by atoms with Crippen LogP contribution in [0.15, 0.2) is 35.5 Å². The quantitative estimate of drug-likeness (QED) is 0.658. The molecule has 1 aromatic heterocycles. The zero-order valence-electron chi connectivity index (χ0n) is 14.0. The van der Waals surface area contributed by atoms with E-state index in [9.17, 15) is 4.79 Å². The van der Waals surface area contributed by atoms with Crippen molar-refractivity contribution in [3.63, 3.8) is 0 Å². The average Bonchev–Trinajstić information content (AvgIpc) is 2.76. The standard InChI is InChI=1S/C17H22N4O2/c1-12-6-5-7-16(8-12)18-17(22)11-23-20-14(3)10-21-15(4)9-13(2)19-21/h5-9H,10-11H2,1-4H3,(H,18,22)/b20-14+. The summed E-state index contributed by atoms with van der Waals surface area (Å²) in [5.74, 6) is -0.238. The lowest BCUT2D eigenvalue weighted by atomic mass is 10.2. The van der Waals surface area contributed by atoms with Gasteiger partial charge >= 0.3 is 0 Å². The topological polar surface area (TPSA) is 68.5 Å². The van der Waals surface area contributed by atoms with Gasteiger partial charge < -0.3 is 10.2 Å². The number of aromatic nitrogens is 2. The van der Waals surface area contributed by atoms with Gasteiger partial charge in [0.25, 0.3) is 5.91 Å². The fraction of sp³-hybridized carbons (Fsp3) is 0.353. The lowest BCUT2D eigenvalue weighted by Gasteiger charge is -2.06. The number of aryl methyl sites for hydroxylation is 3. The Morgan fingerprint density at radius 1 is 1.30 bits per heavy atom. The van der Waals surface area contributed by atoms with E-state index < -0.39 is 0 Å². The van der Waals surface area contributed by atoms with E-state index in [1.165, 1.54) is 0 Å². The highest BCUT2D eigenvalue weighted by atomic mass is 16.6. The number of oxime groups is 1. The molecule has 1 heterocycles. The number of anilines is 1. The van der Waals surface area contributed by atoms with Gasteiger partial charge in [-0.2, -0.15) is 5.10 Å². The van der Waals surface area contributed by atoms with Crippen LogP contribution in [0.3, 0.4) is 0 Å². The molecule has 23 heavy (non-hydrogen) atoms. The molecule has 0 saturated carbocycles. The maximum atomic E-state index is 11.8. The SMILES string of the molecule is C/C(Cn1nc(C)cc1C)=N\OCC(=O)Nc1cccc(C)c1. The summed E-state index contributed by atoms with van der Waals surface area (Å²) < 4.78 is 1.85. The highest BCUT2D eigenvalue weighted by Crippen LogP contribution is 2.09. The van der Waals surface area contributed by atoms with Crippen LogP contribution in [0.25, 0.3) is 0 Å². The fourth-order valence-corrected chi connectivity index (χ4v) is 2.20. The van der Waals surface area contributed by atoms with Crippen molar-refractivity contribution in [3.05, 3.63) is 47.3 Å². The maximum Gasteiger partial charge on any atom is 0.265 e. The van der Waals surface area contributed by atoms with E-state index in [0.29, 0.717) is 6.54 Å². The number of nitrogens with one attached hydrogen (secondary N) is 1. The third-order valence-electron chi connectivity index (χ3n) is 3.20. The van der Waals surface area contributed by atoms with Crippen molar-refractivity contribution >= 4 is 17.3 Å². The van der Waals surface area contributed by atoms with E-state index in [1.807, 2.05) is 62.7 Å². The van der Waals surface area contributed by atoms with Gasteiger partial charge in [-0.05, 0) is 51.5 Å². The summed E-state index contributed by atoms with van der Waals surface area (Å²) in [4.78, 5) is 16.9. The van der Waals surface area contributed by atoms with Gasteiger partial charge in [0.2, 0.25) is 0 Å². The van der Waals surface area contributed by atoms with Crippen LogP contribution in [0, 0.1) is 20.8 Å². The van der Waals surface area contributed by atoms with Crippen molar-refractivity contribution in [2.24, 2.45) is 5.16 Å². The predicted molar refractivity (Wildman–Crippen MR) is 90.6 cm³/mol. The van der Waals surface area contributed by atoms with Crippen molar-refractivity contribution in [2.45, 2.75) is 34.2 Å². The van der Waals surface area contributed by atoms with Gasteiger partial charge in [-0.25, -0.2) is 0 Å². The van der Waals surface area contributed by atoms with Gasteiger partial charge in [0.1, 0.15) is 0 Å². The van der Waals surface area contributed by atoms with Crippen LogP contribution < -0.4 is 5.32 Å². The summed E-state index contributed by atoms with van der Waals surface area (Å²) in [7, 11) is 0. The molecule has 0 aliphatic heterocycles. The molecule has 0 aliphatic rings. The number of hydrogen-bond donors (Lipinski definition) is 1. The molecule has 0 bridgehead atoms. The van der Waals surface area contributed by atoms with Gasteiger partial charge in [-0.3, -0.25) is 9.48 Å². The molecule has 2 aromatic rings. The van der Waals surface area contributed by atoms with E-state index in [-0.39, 0.29) is 12.5 Å². The Kier molecular flexibility index (Phi) is 5.51. The minimum atomic E-state index is -0.238. The van der Waals surface area contributed by atoms with Gasteiger partial charge in [0.05, 0.1) is 18.0 Å². The minimum absolute atomic E-state index is 0.123. The Labute approximate surface area is 136 Å². The fourth-order valence-electron chi connectivity index (χ4n) is 2.20. The number of hydrogen-bond acceptors (Lipinski definition) is 4. The van der Waals surface area contributed by atoms with Gasteiger partial charge in [-0.1, -0.05) is 17.3 Å². The van der Waals surface area contributed by atoms with Crippen molar-refractivity contribution < 1.29 is 9.63 Å². The largest absolute Gasteiger partial charge is 0.386 e. The third-order valence-corrected chi connectivity index (χ3v) is 3.20. The molecule has 6 nitrogen and oxygen atoms in total. The molecular formula is C17H22N4O2. The second-order valence-electron chi connectivity index (χ2n) is 5.60. The van der Waals surface area contributed by atoms with Crippen molar-refractivity contribution in [1.29, 1.82) is 0 Å². The molecule has 0 aliphatic carbocycles. The molecule has 0 fully saturated rings. The second-order valence-corrected chi connectivity index (χ2v) is 5.60. The summed E-state index contributed by atoms with van der Waals surface area (Å²) in [6, 6.07) is 9.60. The van der Waals surface area contributed by atoms with E-state index in [2.05, 4.69) is 15.6 Å². The van der Waals surface area contributed by atoms with Crippen LogP contribution in [-0.2, 0) is 16.2 Å². The molecule has 2 rings (SSSR count). The molecule has 0 saturated heterocycles. The first kappa shape index (κ1) is 16.7. The van der Waals surface area contributed by atoms with Crippen LogP contribution in [0.2, 0.25) is 0 Å². The molecule has 6 heteroatoms. The summed E-state index contributed by atoms with van der Waals surface area (Å²) in [6.45, 7) is 8.17. The second kappa shape index (κ2) is 7.58. The van der Waals surface area contributed by atoms with Gasteiger partial charge in [0, 0.05) is 11.4 Å². The number of rotatable bonds is 6. The minimum Gasteiger partial charge on any atom is -0.386 e. The average molecular weight is 314 g/mol. The molecule has 0 radical (unpaired) electrons. The third kappa shape index (κ3) is 5.25. The van der Waals surface area contributed by atoms with Crippen LogP contribution >= 0.6 is 0 Å². The van der Waals surface area contributed by atoms with Gasteiger partial charge in [-0.15, -0.1) is 0 Å². The number of amides is 1. The highest BCUT2D eigenvalue weighted by molar-refractivity contribution is 5.91. The van der Waals surface area contributed by atoms with Crippen molar-refractivity contribution in [1.82, 2.24) is 9.78 Å². The van der Waals surface area contributed by atoms with Crippen molar-refractivity contribution in [3.8, 4) is 0 Å². The Morgan fingerprint density at radius 3 is 2.74 bits per heavy atom. The molecular weight excluding hydrogens is 292 g/mol. The zero-order chi connectivity index (χ0) is 16.8. The molecule has 0 spiro atoms. The van der Waals surface area contributed by atoms with Crippen LogP contribution in [0.4, 0.5) is 5.69 Å². The molecule has 1 amide bonds. The molecule has 1 N–H and O–H groups in total. The first-order valence-corrected chi connectivity index (χ1v) is 7.47. The Balaban J connectivity index is 1.81. The number of benzene rings is 1. The lowest BCUT2D eigenvalue weighted by Crippen LogP contribution is -2.18. The Morgan fingerprint density at radius 2 is 2.09 bits per heavy atom. The number of nitrogens with zero attached hydrogens (tertiary/aromatic N) is 3. The van der Waals surface area contributed by atoms with E-state index in [4.69, 9.17) is 4.84 Å². The maximum absolute atomic E-state index is 11.8. The van der Waals surface area contributed by atoms with Crippen LogP contribution in [-0.4, -0.2) is 28.0 Å². The molecule has 122 valence electrons. The van der Waals surface area contributed by atoms with Gasteiger partial charge in [0.15, 0.2) is 6.61 Å². The van der Waals surface area contributed by atoms with E-state index in [1.54, 1.807) is 0 Å².